The van der Waals surface area contributed by atoms with E-state index in [0.717, 1.165) is 10.9 Å². The minimum Gasteiger partial charge on any atom is -0.399 e. The average Bonchev–Trinajstić information content (AvgIpc) is 2.88. The molecule has 18 heavy (non-hydrogen) atoms. The molecule has 5 nitrogen and oxygen atoms in total. The second-order valence-electron chi connectivity index (χ2n) is 3.78. The van der Waals surface area contributed by atoms with Gasteiger partial charge in [-0.15, -0.1) is 0 Å². The molecule has 0 aliphatic heterocycles. The fraction of sp³-hybridized carbons (Fsp3) is 0. The van der Waals surface area contributed by atoms with E-state index >= 15 is 0 Å². The van der Waals surface area contributed by atoms with Crippen molar-refractivity contribution < 1.29 is 9.34 Å². The van der Waals surface area contributed by atoms with E-state index in [2.05, 4.69) is 4.98 Å². The number of nitro groups is 1. The van der Waals surface area contributed by atoms with Gasteiger partial charge < -0.3 is 4.42 Å². The third-order valence-corrected chi connectivity index (χ3v) is 2.62. The predicted molar refractivity (Wildman–Crippen MR) is 66.1 cm³/mol. The topological polar surface area (TPSA) is 69.2 Å². The smallest absolute Gasteiger partial charge is 0.399 e. The Morgan fingerprint density at radius 2 is 1.89 bits per heavy atom. The lowest BCUT2D eigenvalue weighted by atomic mass is 10.2. The lowest BCUT2D eigenvalue weighted by molar-refractivity contribution is -0.401. The molecule has 0 aliphatic carbocycles. The Morgan fingerprint density at radius 1 is 1.06 bits per heavy atom. The number of hydrogen-bond acceptors (Lipinski definition) is 4. The Labute approximate surface area is 102 Å². The highest BCUT2D eigenvalue weighted by Gasteiger charge is 2.13. The van der Waals surface area contributed by atoms with Gasteiger partial charge in [0.05, 0.1) is 11.6 Å². The fourth-order valence-corrected chi connectivity index (χ4v) is 1.77. The number of nitrogens with zero attached hydrogens (tertiary/aromatic N) is 2. The van der Waals surface area contributed by atoms with Gasteiger partial charge in [0.25, 0.3) is 0 Å². The molecular formula is C13H8N2O3. The van der Waals surface area contributed by atoms with Crippen LogP contribution in [0.5, 0.6) is 0 Å². The molecule has 1 aromatic carbocycles. The van der Waals surface area contributed by atoms with E-state index in [1.165, 1.54) is 6.07 Å². The zero-order valence-electron chi connectivity index (χ0n) is 9.24. The van der Waals surface area contributed by atoms with Crippen molar-refractivity contribution in [1.82, 2.24) is 4.98 Å². The van der Waals surface area contributed by atoms with E-state index in [4.69, 9.17) is 4.42 Å². The molecule has 0 saturated carbocycles. The quantitative estimate of drug-likeness (QED) is 0.508. The lowest BCUT2D eigenvalue weighted by Gasteiger charge is -1.99. The molecule has 88 valence electrons. The van der Waals surface area contributed by atoms with E-state index in [9.17, 15) is 10.1 Å². The van der Waals surface area contributed by atoms with Crippen LogP contribution in [0.3, 0.4) is 0 Å². The van der Waals surface area contributed by atoms with Crippen molar-refractivity contribution in [2.24, 2.45) is 0 Å². The summed E-state index contributed by atoms with van der Waals surface area (Å²) < 4.78 is 5.12. The normalized spacial score (nSPS) is 10.7. The van der Waals surface area contributed by atoms with Crippen LogP contribution in [0.4, 0.5) is 5.88 Å². The largest absolute Gasteiger partial charge is 0.433 e. The van der Waals surface area contributed by atoms with E-state index in [-0.39, 0.29) is 5.88 Å². The van der Waals surface area contributed by atoms with Crippen LogP contribution >= 0.6 is 0 Å². The summed E-state index contributed by atoms with van der Waals surface area (Å²) in [4.78, 5) is 14.4. The molecule has 5 heteroatoms. The summed E-state index contributed by atoms with van der Waals surface area (Å²) in [6.07, 6.45) is 0. The van der Waals surface area contributed by atoms with Gasteiger partial charge in [0, 0.05) is 5.39 Å². The summed E-state index contributed by atoms with van der Waals surface area (Å²) in [6.45, 7) is 0. The van der Waals surface area contributed by atoms with Crippen LogP contribution in [-0.2, 0) is 0 Å². The van der Waals surface area contributed by atoms with Crippen molar-refractivity contribution in [3.05, 3.63) is 58.6 Å². The minimum absolute atomic E-state index is 0.278. The second kappa shape index (κ2) is 3.96. The van der Waals surface area contributed by atoms with Gasteiger partial charge in [-0.05, 0) is 18.2 Å². The summed E-state index contributed by atoms with van der Waals surface area (Å²) in [6, 6.07) is 14.2. The van der Waals surface area contributed by atoms with Crippen LogP contribution in [0.25, 0.3) is 22.4 Å². The number of fused-ring (bicyclic) bond motifs is 1. The zero-order chi connectivity index (χ0) is 12.5. The van der Waals surface area contributed by atoms with Crippen molar-refractivity contribution in [1.29, 1.82) is 0 Å². The molecule has 2 aromatic heterocycles. The SMILES string of the molecule is O=[N+]([O-])c1ccc(-c2ccc3ccccc3n2)o1. The molecule has 0 fully saturated rings. The molecule has 0 radical (unpaired) electrons. The highest BCUT2D eigenvalue weighted by molar-refractivity contribution is 5.80. The Kier molecular flexibility index (Phi) is 2.30. The van der Waals surface area contributed by atoms with Crippen LogP contribution in [-0.4, -0.2) is 9.91 Å². The first-order chi connectivity index (χ1) is 8.74. The van der Waals surface area contributed by atoms with Gasteiger partial charge in [0.1, 0.15) is 10.6 Å². The maximum absolute atomic E-state index is 10.5. The van der Waals surface area contributed by atoms with Gasteiger partial charge in [-0.1, -0.05) is 24.3 Å². The molecule has 2 heterocycles. The molecule has 0 bridgehead atoms. The number of hydrogen-bond donors (Lipinski definition) is 0. The molecule has 3 aromatic rings. The minimum atomic E-state index is -0.565. The van der Waals surface area contributed by atoms with Crippen LogP contribution in [0.15, 0.2) is 52.9 Å². The number of aromatic nitrogens is 1. The van der Waals surface area contributed by atoms with E-state index in [1.807, 2.05) is 30.3 Å². The van der Waals surface area contributed by atoms with Gasteiger partial charge in [0.15, 0.2) is 5.76 Å². The third kappa shape index (κ3) is 1.71. The van der Waals surface area contributed by atoms with Crippen molar-refractivity contribution in [2.45, 2.75) is 0 Å². The molecule has 0 aliphatic rings. The summed E-state index contributed by atoms with van der Waals surface area (Å²) >= 11 is 0. The van der Waals surface area contributed by atoms with E-state index in [1.54, 1.807) is 12.1 Å². The van der Waals surface area contributed by atoms with Crippen LogP contribution in [0.1, 0.15) is 0 Å². The molecule has 3 rings (SSSR count). The summed E-state index contributed by atoms with van der Waals surface area (Å²) in [5, 5.41) is 11.6. The van der Waals surface area contributed by atoms with Crippen LogP contribution < -0.4 is 0 Å². The Balaban J connectivity index is 2.10. The highest BCUT2D eigenvalue weighted by atomic mass is 16.6. The summed E-state index contributed by atoms with van der Waals surface area (Å²) in [7, 11) is 0. The first kappa shape index (κ1) is 10.5. The van der Waals surface area contributed by atoms with E-state index in [0.29, 0.717) is 11.5 Å². The Morgan fingerprint density at radius 3 is 2.67 bits per heavy atom. The van der Waals surface area contributed by atoms with Gasteiger partial charge in [-0.2, -0.15) is 0 Å². The van der Waals surface area contributed by atoms with Crippen molar-refractivity contribution in [3.63, 3.8) is 0 Å². The number of pyridine rings is 1. The summed E-state index contributed by atoms with van der Waals surface area (Å²) in [5.74, 6) is 0.118. The predicted octanol–water partition coefficient (Wildman–Crippen LogP) is 3.40. The van der Waals surface area contributed by atoms with Crippen molar-refractivity contribution in [3.8, 4) is 11.5 Å². The monoisotopic (exact) mass is 240 g/mol. The molecular weight excluding hydrogens is 232 g/mol. The maximum atomic E-state index is 10.5. The Hall–Kier alpha value is -2.69. The molecule has 0 N–H and O–H groups in total. The highest BCUT2D eigenvalue weighted by Crippen LogP contribution is 2.26. The molecule has 0 saturated heterocycles. The van der Waals surface area contributed by atoms with Crippen LogP contribution in [0.2, 0.25) is 0 Å². The first-order valence-corrected chi connectivity index (χ1v) is 5.34. The number of para-hydroxylation sites is 1. The van der Waals surface area contributed by atoms with Gasteiger partial charge in [0.2, 0.25) is 0 Å². The van der Waals surface area contributed by atoms with E-state index < -0.39 is 4.92 Å². The maximum Gasteiger partial charge on any atom is 0.433 e. The van der Waals surface area contributed by atoms with Crippen molar-refractivity contribution in [2.75, 3.05) is 0 Å². The first-order valence-electron chi connectivity index (χ1n) is 5.34. The van der Waals surface area contributed by atoms with Gasteiger partial charge in [-0.3, -0.25) is 10.1 Å². The Bertz CT molecular complexity index is 734. The van der Waals surface area contributed by atoms with Gasteiger partial charge >= 0.3 is 5.88 Å². The molecule has 0 amide bonds. The number of benzene rings is 1. The van der Waals surface area contributed by atoms with Crippen LogP contribution in [0, 0.1) is 10.1 Å². The molecule has 0 unspecified atom stereocenters. The average molecular weight is 240 g/mol. The third-order valence-electron chi connectivity index (χ3n) is 2.62. The second-order valence-corrected chi connectivity index (χ2v) is 3.78. The lowest BCUT2D eigenvalue weighted by Crippen LogP contribution is -1.84. The number of rotatable bonds is 2. The van der Waals surface area contributed by atoms with Gasteiger partial charge in [-0.25, -0.2) is 4.98 Å². The summed E-state index contributed by atoms with van der Waals surface area (Å²) in [5.41, 5.74) is 1.41. The zero-order valence-corrected chi connectivity index (χ0v) is 9.24. The molecule has 0 atom stereocenters. The molecule has 0 spiro atoms. The fourth-order valence-electron chi connectivity index (χ4n) is 1.77. The standard InChI is InChI=1S/C13H8N2O3/c16-15(17)13-8-7-12(18-13)11-6-5-9-3-1-2-4-10(9)14-11/h1-8H. The van der Waals surface area contributed by atoms with Crippen molar-refractivity contribution >= 4 is 16.8 Å². The number of furan rings is 1.